The van der Waals surface area contributed by atoms with Gasteiger partial charge in [0.05, 0.1) is 11.5 Å². The molecule has 0 aliphatic carbocycles. The zero-order valence-electron chi connectivity index (χ0n) is 25.6. The number of rotatable bonds is 9. The van der Waals surface area contributed by atoms with E-state index in [9.17, 15) is 4.79 Å². The van der Waals surface area contributed by atoms with Crippen molar-refractivity contribution in [1.29, 1.82) is 0 Å². The molecule has 2 N–H and O–H groups in total. The highest BCUT2D eigenvalue weighted by Gasteiger charge is 2.49. The average Bonchev–Trinajstić information content (AvgIpc) is 3.53. The van der Waals surface area contributed by atoms with Gasteiger partial charge in [-0.25, -0.2) is 5.01 Å². The second-order valence-corrected chi connectivity index (χ2v) is 19.2. The maximum atomic E-state index is 12.7. The molecular weight excluding hydrogens is 587 g/mol. The summed E-state index contributed by atoms with van der Waals surface area (Å²) in [7, 11) is -2.13. The molecule has 2 atom stereocenters. The van der Waals surface area contributed by atoms with Crippen LogP contribution in [0, 0.1) is 5.92 Å². The monoisotopic (exact) mass is 630 g/mol. The number of hydrazine groups is 1. The van der Waals surface area contributed by atoms with Gasteiger partial charge in [-0.15, -0.1) is 0 Å². The Hall–Kier alpha value is -2.10. The topological polar surface area (TPSA) is 84.8 Å². The summed E-state index contributed by atoms with van der Waals surface area (Å²) in [5.74, 6) is 0.732. The third-order valence-corrected chi connectivity index (χ3v) is 16.3. The highest BCUT2D eigenvalue weighted by molar-refractivity contribution is 6.77. The number of benzene rings is 2. The van der Waals surface area contributed by atoms with Crippen molar-refractivity contribution in [1.82, 2.24) is 15.2 Å². The number of aromatic nitrogens is 1. The normalized spacial score (nSPS) is 20.6. The fourth-order valence-electron chi connectivity index (χ4n) is 7.53. The Morgan fingerprint density at radius 3 is 2.29 bits per heavy atom. The van der Waals surface area contributed by atoms with E-state index in [1.165, 1.54) is 0 Å². The molecule has 2 saturated heterocycles. The van der Waals surface area contributed by atoms with Crippen LogP contribution in [-0.2, 0) is 15.6 Å². The molecule has 0 spiro atoms. The third kappa shape index (κ3) is 5.85. The molecule has 10 heteroatoms. The van der Waals surface area contributed by atoms with Crippen LogP contribution in [0.1, 0.15) is 66.4 Å². The van der Waals surface area contributed by atoms with E-state index in [0.717, 1.165) is 54.6 Å². The first-order valence-electron chi connectivity index (χ1n) is 15.3. The molecule has 0 radical (unpaired) electrons. The van der Waals surface area contributed by atoms with E-state index < -0.39 is 8.32 Å². The van der Waals surface area contributed by atoms with E-state index in [4.69, 9.17) is 37.9 Å². The van der Waals surface area contributed by atoms with Crippen LogP contribution in [-0.4, -0.2) is 55.1 Å². The second-order valence-electron chi connectivity index (χ2n) is 13.0. The van der Waals surface area contributed by atoms with Gasteiger partial charge in [0.2, 0.25) is 14.2 Å². The van der Waals surface area contributed by atoms with Gasteiger partial charge >= 0.3 is 0 Å². The second kappa shape index (κ2) is 12.5. The number of nitrogen functional groups attached to an aromatic ring is 1. The number of fused-ring (bicyclic) bond motifs is 1. The lowest BCUT2D eigenvalue weighted by molar-refractivity contribution is -0.149. The molecule has 2 aromatic carbocycles. The van der Waals surface area contributed by atoms with Crippen LogP contribution in [0.3, 0.4) is 0 Å². The van der Waals surface area contributed by atoms with Gasteiger partial charge < -0.3 is 14.7 Å². The van der Waals surface area contributed by atoms with Gasteiger partial charge in [-0.05, 0) is 76.8 Å². The Bertz CT molecular complexity index is 1400. The molecule has 7 nitrogen and oxygen atoms in total. The van der Waals surface area contributed by atoms with E-state index in [2.05, 4.69) is 51.7 Å². The van der Waals surface area contributed by atoms with E-state index in [-0.39, 0.29) is 17.9 Å². The predicted molar refractivity (Wildman–Crippen MR) is 174 cm³/mol. The Balaban J connectivity index is 1.46. The number of halogens is 2. The minimum absolute atomic E-state index is 0.0731. The summed E-state index contributed by atoms with van der Waals surface area (Å²) in [5.41, 5.74) is 10.7. The summed E-state index contributed by atoms with van der Waals surface area (Å²) < 4.78 is 12.8. The van der Waals surface area contributed by atoms with Gasteiger partial charge in [0.25, 0.3) is 0 Å². The number of piperidine rings is 1. The standard InChI is InChI=1S/C32H44Cl2N4O3Si/c1-19(2)42(20(3)4,21(5)6)41-29-11-13-37(38-12-7-8-31(38)39)18-24(29)14-26-27(33)15-23(16-28(26)34)22-9-10-25-30(17-22)40-36-32(25)35/h9-10,15-17,19-21,24,29H,7-8,11-14,18H2,1-6H3,(H2,35,36). The van der Waals surface area contributed by atoms with Crippen LogP contribution in [0.25, 0.3) is 22.1 Å². The first-order chi connectivity index (χ1) is 19.9. The van der Waals surface area contributed by atoms with Crippen molar-refractivity contribution >= 4 is 54.2 Å². The van der Waals surface area contributed by atoms with Crippen molar-refractivity contribution in [2.24, 2.45) is 5.92 Å². The highest BCUT2D eigenvalue weighted by atomic mass is 35.5. The van der Waals surface area contributed by atoms with Crippen LogP contribution in [0.2, 0.25) is 26.7 Å². The molecule has 0 saturated carbocycles. The van der Waals surface area contributed by atoms with Crippen LogP contribution in [0.15, 0.2) is 34.9 Å². The van der Waals surface area contributed by atoms with Gasteiger partial charge in [-0.2, -0.15) is 0 Å². The van der Waals surface area contributed by atoms with Crippen LogP contribution >= 0.6 is 23.2 Å². The molecule has 42 heavy (non-hydrogen) atoms. The SMILES string of the molecule is CC(C)[Si](OC1CCN(N2CCCC2=O)CC1Cc1c(Cl)cc(-c2ccc3c(N)noc3c2)cc1Cl)(C(C)C)C(C)C. The number of anilines is 1. The Morgan fingerprint density at radius 2 is 1.69 bits per heavy atom. The van der Waals surface area contributed by atoms with Gasteiger partial charge in [0.1, 0.15) is 0 Å². The fourth-order valence-corrected chi connectivity index (χ4v) is 13.8. The van der Waals surface area contributed by atoms with E-state index in [0.29, 0.717) is 50.9 Å². The molecular formula is C32H44Cl2N4O3Si. The van der Waals surface area contributed by atoms with Crippen molar-refractivity contribution < 1.29 is 13.7 Å². The third-order valence-electron chi connectivity index (χ3n) is 9.54. The quantitative estimate of drug-likeness (QED) is 0.239. The molecule has 5 rings (SSSR count). The number of hydrogen-bond acceptors (Lipinski definition) is 6. The van der Waals surface area contributed by atoms with Gasteiger partial charge in [-0.3, -0.25) is 9.80 Å². The van der Waals surface area contributed by atoms with E-state index in [1.54, 1.807) is 0 Å². The van der Waals surface area contributed by atoms with Crippen molar-refractivity contribution in [2.45, 2.75) is 90.0 Å². The number of carbonyl (C=O) groups excluding carboxylic acids is 1. The maximum Gasteiger partial charge on any atom is 0.236 e. The molecule has 2 unspecified atom stereocenters. The van der Waals surface area contributed by atoms with Crippen molar-refractivity contribution in [3.8, 4) is 11.1 Å². The van der Waals surface area contributed by atoms with Crippen LogP contribution in [0.4, 0.5) is 5.82 Å². The zero-order valence-corrected chi connectivity index (χ0v) is 28.1. The first kappa shape index (κ1) is 31.3. The number of carbonyl (C=O) groups is 1. The summed E-state index contributed by atoms with van der Waals surface area (Å²) in [5, 5.41) is 10.1. The van der Waals surface area contributed by atoms with Crippen molar-refractivity contribution in [3.63, 3.8) is 0 Å². The molecule has 1 amide bonds. The van der Waals surface area contributed by atoms with Crippen LogP contribution in [0.5, 0.6) is 0 Å². The molecule has 228 valence electrons. The molecule has 1 aromatic heterocycles. The van der Waals surface area contributed by atoms with Gasteiger partial charge in [0.15, 0.2) is 11.4 Å². The van der Waals surface area contributed by atoms with Crippen molar-refractivity contribution in [2.75, 3.05) is 25.4 Å². The Morgan fingerprint density at radius 1 is 1.02 bits per heavy atom. The predicted octanol–water partition coefficient (Wildman–Crippen LogP) is 8.35. The Labute approximate surface area is 260 Å². The Kier molecular flexibility index (Phi) is 9.31. The molecule has 3 heterocycles. The number of hydrogen-bond donors (Lipinski definition) is 1. The minimum Gasteiger partial charge on any atom is -0.413 e. The lowest BCUT2D eigenvalue weighted by Gasteiger charge is -2.49. The number of nitrogens with zero attached hydrogens (tertiary/aromatic N) is 3. The molecule has 2 aliphatic rings. The number of amides is 1. The maximum absolute atomic E-state index is 12.7. The smallest absolute Gasteiger partial charge is 0.236 e. The van der Waals surface area contributed by atoms with E-state index >= 15 is 0 Å². The summed E-state index contributed by atoms with van der Waals surface area (Å²) >= 11 is 14.0. The summed E-state index contributed by atoms with van der Waals surface area (Å²) in [6.07, 6.45) is 3.16. The average molecular weight is 632 g/mol. The summed E-state index contributed by atoms with van der Waals surface area (Å²) in [4.78, 5) is 12.7. The minimum atomic E-state index is -2.13. The lowest BCUT2D eigenvalue weighted by Crippen LogP contribution is -2.57. The first-order valence-corrected chi connectivity index (χ1v) is 18.2. The van der Waals surface area contributed by atoms with Gasteiger partial charge in [-0.1, -0.05) is 76.0 Å². The summed E-state index contributed by atoms with van der Waals surface area (Å²) in [6.45, 7) is 16.3. The zero-order chi connectivity index (χ0) is 30.3. The summed E-state index contributed by atoms with van der Waals surface area (Å²) in [6, 6.07) is 9.73. The number of nitrogens with two attached hydrogens (primary N) is 1. The highest BCUT2D eigenvalue weighted by Crippen LogP contribution is 2.45. The van der Waals surface area contributed by atoms with Crippen molar-refractivity contribution in [3.05, 3.63) is 45.9 Å². The van der Waals surface area contributed by atoms with E-state index in [1.807, 2.05) is 35.3 Å². The van der Waals surface area contributed by atoms with Gasteiger partial charge in [0, 0.05) is 42.0 Å². The largest absolute Gasteiger partial charge is 0.413 e. The van der Waals surface area contributed by atoms with Crippen LogP contribution < -0.4 is 5.73 Å². The lowest BCUT2D eigenvalue weighted by atomic mass is 9.88. The molecule has 0 bridgehead atoms. The fraction of sp³-hybridized carbons (Fsp3) is 0.562. The molecule has 3 aromatic rings. The molecule has 2 aliphatic heterocycles. The molecule has 2 fully saturated rings.